The smallest absolute Gasteiger partial charge is 0.225 e. The van der Waals surface area contributed by atoms with Crippen LogP contribution in [0.4, 0.5) is 0 Å². The van der Waals surface area contributed by atoms with E-state index in [9.17, 15) is 4.79 Å². The fourth-order valence-electron chi connectivity index (χ4n) is 3.53. The van der Waals surface area contributed by atoms with Gasteiger partial charge < -0.3 is 14.6 Å². The summed E-state index contributed by atoms with van der Waals surface area (Å²) in [5.74, 6) is 1.76. The van der Waals surface area contributed by atoms with Gasteiger partial charge in [-0.2, -0.15) is 5.10 Å². The first kappa shape index (κ1) is 13.5. The Bertz CT molecular complexity index is 606. The molecule has 114 valence electrons. The third-order valence-corrected chi connectivity index (χ3v) is 5.12. The van der Waals surface area contributed by atoms with E-state index < -0.39 is 0 Å². The van der Waals surface area contributed by atoms with E-state index in [1.807, 2.05) is 4.57 Å². The fourth-order valence-corrected chi connectivity index (χ4v) is 3.77. The molecule has 21 heavy (non-hydrogen) atoms. The van der Waals surface area contributed by atoms with Crippen molar-refractivity contribution in [3.05, 3.63) is 10.6 Å². The molecule has 3 atom stereocenters. The van der Waals surface area contributed by atoms with E-state index >= 15 is 0 Å². The van der Waals surface area contributed by atoms with Crippen LogP contribution in [0.1, 0.15) is 43.8 Å². The molecular weight excluding hydrogens is 288 g/mol. The Morgan fingerprint density at radius 1 is 1.43 bits per heavy atom. The molecule has 0 spiro atoms. The van der Waals surface area contributed by atoms with Crippen molar-refractivity contribution >= 4 is 18.1 Å². The maximum atomic E-state index is 12.2. The number of nitrogens with zero attached hydrogens (tertiary/aromatic N) is 2. The highest BCUT2D eigenvalue weighted by Gasteiger charge is 2.44. The first-order valence-corrected chi connectivity index (χ1v) is 8.21. The third kappa shape index (κ3) is 2.53. The molecule has 1 saturated carbocycles. The number of nitrogens with one attached hydrogen (secondary N) is 2. The number of hydrogen-bond donors (Lipinski definition) is 2. The summed E-state index contributed by atoms with van der Waals surface area (Å²) in [6.07, 6.45) is 5.87. The van der Waals surface area contributed by atoms with Crippen molar-refractivity contribution in [2.24, 2.45) is 5.92 Å². The van der Waals surface area contributed by atoms with Crippen molar-refractivity contribution in [1.82, 2.24) is 20.1 Å². The van der Waals surface area contributed by atoms with Crippen LogP contribution in [-0.4, -0.2) is 39.4 Å². The Morgan fingerprint density at radius 3 is 2.95 bits per heavy atom. The predicted molar refractivity (Wildman–Crippen MR) is 78.4 cm³/mol. The van der Waals surface area contributed by atoms with E-state index in [0.29, 0.717) is 29.9 Å². The predicted octanol–water partition coefficient (Wildman–Crippen LogP) is 1.50. The van der Waals surface area contributed by atoms with Crippen LogP contribution in [0, 0.1) is 10.7 Å². The number of carbonyl (C=O) groups is 1. The summed E-state index contributed by atoms with van der Waals surface area (Å²) >= 11 is 5.26. The molecule has 2 N–H and O–H groups in total. The molecular formula is C14H20N4O2S. The van der Waals surface area contributed by atoms with Crippen LogP contribution in [-0.2, 0) is 16.1 Å². The highest BCUT2D eigenvalue weighted by Crippen LogP contribution is 2.39. The SMILES string of the molecule is O=C(NCCn1c(C2CC2)n[nH]c1=S)[C@H]1C[C@H]2CC[C@H]1O2. The highest BCUT2D eigenvalue weighted by atomic mass is 32.1. The molecule has 2 saturated heterocycles. The molecule has 3 heterocycles. The Labute approximate surface area is 128 Å². The van der Waals surface area contributed by atoms with Gasteiger partial charge in [0.2, 0.25) is 5.91 Å². The summed E-state index contributed by atoms with van der Waals surface area (Å²) in [7, 11) is 0. The van der Waals surface area contributed by atoms with Gasteiger partial charge in [0.25, 0.3) is 0 Å². The molecule has 0 aromatic carbocycles. The van der Waals surface area contributed by atoms with Crippen molar-refractivity contribution in [2.45, 2.75) is 56.8 Å². The van der Waals surface area contributed by atoms with E-state index in [2.05, 4.69) is 15.5 Å². The zero-order valence-electron chi connectivity index (χ0n) is 11.9. The Hall–Kier alpha value is -1.21. The summed E-state index contributed by atoms with van der Waals surface area (Å²) in [6.45, 7) is 1.29. The fraction of sp³-hybridized carbons (Fsp3) is 0.786. The molecule has 2 aliphatic heterocycles. The number of amides is 1. The Balaban J connectivity index is 1.32. The van der Waals surface area contributed by atoms with Crippen molar-refractivity contribution in [3.63, 3.8) is 0 Å². The monoisotopic (exact) mass is 308 g/mol. The quantitative estimate of drug-likeness (QED) is 0.809. The standard InChI is InChI=1S/C14H20N4O2S/c19-13(10-7-9-3-4-11(10)20-9)15-5-6-18-12(8-1-2-8)16-17-14(18)21/h8-11H,1-7H2,(H,15,19)(H,17,21)/t9-,10+,11-/m1/s1. The van der Waals surface area contributed by atoms with Crippen LogP contribution in [0.15, 0.2) is 0 Å². The van der Waals surface area contributed by atoms with E-state index in [4.69, 9.17) is 17.0 Å². The average Bonchev–Trinajstić information content (AvgIpc) is 2.93. The minimum Gasteiger partial charge on any atom is -0.374 e. The molecule has 2 bridgehead atoms. The van der Waals surface area contributed by atoms with Gasteiger partial charge in [0.15, 0.2) is 4.77 Å². The molecule has 1 aliphatic carbocycles. The molecule has 4 rings (SSSR count). The van der Waals surface area contributed by atoms with Gasteiger partial charge in [-0.3, -0.25) is 9.89 Å². The van der Waals surface area contributed by atoms with Crippen molar-refractivity contribution in [3.8, 4) is 0 Å². The van der Waals surface area contributed by atoms with Gasteiger partial charge in [-0.25, -0.2) is 0 Å². The number of H-pyrrole nitrogens is 1. The average molecular weight is 308 g/mol. The largest absolute Gasteiger partial charge is 0.374 e. The van der Waals surface area contributed by atoms with Crippen LogP contribution in [0.2, 0.25) is 0 Å². The van der Waals surface area contributed by atoms with Gasteiger partial charge >= 0.3 is 0 Å². The maximum Gasteiger partial charge on any atom is 0.225 e. The molecule has 3 fully saturated rings. The second-order valence-electron chi connectivity index (χ2n) is 6.32. The normalized spacial score (nSPS) is 30.8. The number of rotatable bonds is 5. The van der Waals surface area contributed by atoms with Gasteiger partial charge in [-0.05, 0) is 44.3 Å². The first-order valence-electron chi connectivity index (χ1n) is 7.80. The van der Waals surface area contributed by atoms with Gasteiger partial charge in [-0.1, -0.05) is 0 Å². The summed E-state index contributed by atoms with van der Waals surface area (Å²) in [5, 5.41) is 10.2. The third-order valence-electron chi connectivity index (χ3n) is 4.81. The molecule has 6 nitrogen and oxygen atoms in total. The molecule has 7 heteroatoms. The Morgan fingerprint density at radius 2 is 2.29 bits per heavy atom. The minimum absolute atomic E-state index is 0.0453. The second-order valence-corrected chi connectivity index (χ2v) is 6.71. The second kappa shape index (κ2) is 5.21. The number of carbonyl (C=O) groups excluding carboxylic acids is 1. The van der Waals surface area contributed by atoms with Crippen molar-refractivity contribution < 1.29 is 9.53 Å². The van der Waals surface area contributed by atoms with E-state index in [1.54, 1.807) is 0 Å². The zero-order valence-corrected chi connectivity index (χ0v) is 12.7. The number of fused-ring (bicyclic) bond motifs is 2. The topological polar surface area (TPSA) is 71.9 Å². The Kier molecular flexibility index (Phi) is 3.34. The van der Waals surface area contributed by atoms with E-state index in [-0.39, 0.29) is 17.9 Å². The minimum atomic E-state index is 0.0453. The molecule has 1 amide bonds. The number of ether oxygens (including phenoxy) is 1. The molecule has 1 aromatic rings. The lowest BCUT2D eigenvalue weighted by Crippen LogP contribution is -2.37. The summed E-state index contributed by atoms with van der Waals surface area (Å²) in [5.41, 5.74) is 0. The van der Waals surface area contributed by atoms with Gasteiger partial charge in [0.1, 0.15) is 5.82 Å². The molecule has 0 unspecified atom stereocenters. The molecule has 3 aliphatic rings. The summed E-state index contributed by atoms with van der Waals surface area (Å²) < 4.78 is 8.40. The maximum absolute atomic E-state index is 12.2. The zero-order chi connectivity index (χ0) is 14.4. The molecule has 1 aromatic heterocycles. The van der Waals surface area contributed by atoms with Gasteiger partial charge in [0, 0.05) is 19.0 Å². The number of aromatic nitrogens is 3. The first-order chi connectivity index (χ1) is 10.2. The van der Waals surface area contributed by atoms with E-state index in [0.717, 1.165) is 25.1 Å². The van der Waals surface area contributed by atoms with Crippen LogP contribution < -0.4 is 5.32 Å². The number of hydrogen-bond acceptors (Lipinski definition) is 4. The van der Waals surface area contributed by atoms with Gasteiger partial charge in [-0.15, -0.1) is 0 Å². The lowest BCUT2D eigenvalue weighted by molar-refractivity contribution is -0.126. The van der Waals surface area contributed by atoms with Crippen LogP contribution in [0.3, 0.4) is 0 Å². The van der Waals surface area contributed by atoms with Crippen molar-refractivity contribution in [1.29, 1.82) is 0 Å². The molecule has 0 radical (unpaired) electrons. The van der Waals surface area contributed by atoms with Gasteiger partial charge in [0.05, 0.1) is 18.1 Å². The van der Waals surface area contributed by atoms with Crippen molar-refractivity contribution in [2.75, 3.05) is 6.54 Å². The van der Waals surface area contributed by atoms with E-state index in [1.165, 1.54) is 12.8 Å². The highest BCUT2D eigenvalue weighted by molar-refractivity contribution is 7.71. The van der Waals surface area contributed by atoms with Crippen LogP contribution in [0.25, 0.3) is 0 Å². The lowest BCUT2D eigenvalue weighted by atomic mass is 9.88. The van der Waals surface area contributed by atoms with Crippen LogP contribution in [0.5, 0.6) is 0 Å². The van der Waals surface area contributed by atoms with Crippen LogP contribution >= 0.6 is 12.2 Å². The number of aromatic amines is 1. The summed E-state index contributed by atoms with van der Waals surface area (Å²) in [6, 6.07) is 0. The summed E-state index contributed by atoms with van der Waals surface area (Å²) in [4.78, 5) is 12.2. The lowest BCUT2D eigenvalue weighted by Gasteiger charge is -2.18.